The smallest absolute Gasteiger partial charge is 0.242 e. The van der Waals surface area contributed by atoms with Crippen molar-refractivity contribution in [2.24, 2.45) is 0 Å². The normalized spacial score (nSPS) is 12.0. The number of rotatable bonds is 6. The number of hydrogen-bond donors (Lipinski definition) is 0. The van der Waals surface area contributed by atoms with E-state index in [1.54, 1.807) is 31.2 Å². The highest BCUT2D eigenvalue weighted by Gasteiger charge is 2.24. The van der Waals surface area contributed by atoms with E-state index in [1.165, 1.54) is 4.90 Å². The maximum atomic E-state index is 12.3. The molecule has 0 bridgehead atoms. The van der Waals surface area contributed by atoms with Crippen LogP contribution in [0.25, 0.3) is 0 Å². The lowest BCUT2D eigenvalue weighted by atomic mass is 10.2. The molecular weight excluding hydrogens is 274 g/mol. The van der Waals surface area contributed by atoms with Gasteiger partial charge in [0.25, 0.3) is 0 Å². The molecule has 0 heterocycles. The first kappa shape index (κ1) is 16.4. The summed E-state index contributed by atoms with van der Waals surface area (Å²) in [6, 6.07) is 9.02. The Kier molecular flexibility index (Phi) is 5.95. The minimum atomic E-state index is -3.41. The Morgan fingerprint density at radius 1 is 1.25 bits per heavy atom. The van der Waals surface area contributed by atoms with E-state index >= 15 is 0 Å². The van der Waals surface area contributed by atoms with Gasteiger partial charge in [-0.1, -0.05) is 30.4 Å². The largest absolute Gasteiger partial charge is 0.309 e. The van der Waals surface area contributed by atoms with Gasteiger partial charge in [0.2, 0.25) is 5.91 Å². The molecule has 1 aromatic carbocycles. The Balaban J connectivity index is 2.92. The van der Waals surface area contributed by atoms with Gasteiger partial charge in [-0.25, -0.2) is 8.42 Å². The molecule has 1 amide bonds. The Bertz CT molecular complexity index is 562. The Morgan fingerprint density at radius 3 is 2.35 bits per heavy atom. The SMILES string of the molecule is CC=CCS(=O)(=O)CC(=O)N(c1ccccc1)C(C)C. The monoisotopic (exact) mass is 295 g/mol. The predicted molar refractivity (Wildman–Crippen MR) is 82.5 cm³/mol. The van der Waals surface area contributed by atoms with Gasteiger partial charge in [-0.2, -0.15) is 0 Å². The Hall–Kier alpha value is -1.62. The van der Waals surface area contributed by atoms with Crippen LogP contribution in [0.5, 0.6) is 0 Å². The van der Waals surface area contributed by atoms with Crippen LogP contribution in [0, 0.1) is 0 Å². The van der Waals surface area contributed by atoms with E-state index < -0.39 is 21.5 Å². The molecule has 5 heteroatoms. The van der Waals surface area contributed by atoms with Crippen molar-refractivity contribution in [1.82, 2.24) is 0 Å². The van der Waals surface area contributed by atoms with E-state index in [2.05, 4.69) is 0 Å². The summed E-state index contributed by atoms with van der Waals surface area (Å²) >= 11 is 0. The molecule has 20 heavy (non-hydrogen) atoms. The van der Waals surface area contributed by atoms with Crippen molar-refractivity contribution < 1.29 is 13.2 Å². The minimum absolute atomic E-state index is 0.0955. The first-order chi connectivity index (χ1) is 9.37. The second kappa shape index (κ2) is 7.24. The molecule has 0 fully saturated rings. The van der Waals surface area contributed by atoms with Crippen LogP contribution in [0.1, 0.15) is 20.8 Å². The third-order valence-corrected chi connectivity index (χ3v) is 4.14. The van der Waals surface area contributed by atoms with E-state index in [-0.39, 0.29) is 11.8 Å². The summed E-state index contributed by atoms with van der Waals surface area (Å²) in [5.41, 5.74) is 0.716. The summed E-state index contributed by atoms with van der Waals surface area (Å²) < 4.78 is 23.7. The molecule has 0 N–H and O–H groups in total. The maximum Gasteiger partial charge on any atom is 0.242 e. The second-order valence-corrected chi connectivity index (χ2v) is 6.93. The lowest BCUT2D eigenvalue weighted by Crippen LogP contribution is -2.41. The standard InChI is InChI=1S/C15H21NO3S/c1-4-5-11-20(18,19)12-15(17)16(13(2)3)14-9-7-6-8-10-14/h4-10,13H,11-12H2,1-3H3. The highest BCUT2D eigenvalue weighted by atomic mass is 32.2. The summed E-state index contributed by atoms with van der Waals surface area (Å²) in [6.45, 7) is 5.48. The zero-order valence-corrected chi connectivity index (χ0v) is 12.9. The van der Waals surface area contributed by atoms with Gasteiger partial charge in [0.1, 0.15) is 5.75 Å². The number of benzene rings is 1. The molecule has 0 spiro atoms. The first-order valence-electron chi connectivity index (χ1n) is 6.56. The highest BCUT2D eigenvalue weighted by Crippen LogP contribution is 2.17. The summed E-state index contributed by atoms with van der Waals surface area (Å²) in [4.78, 5) is 13.8. The van der Waals surface area contributed by atoms with Crippen molar-refractivity contribution in [2.75, 3.05) is 16.4 Å². The van der Waals surface area contributed by atoms with Crippen molar-refractivity contribution in [3.05, 3.63) is 42.5 Å². The lowest BCUT2D eigenvalue weighted by molar-refractivity contribution is -0.116. The minimum Gasteiger partial charge on any atom is -0.309 e. The number of carbonyl (C=O) groups excluding carboxylic acids is 1. The van der Waals surface area contributed by atoms with Gasteiger partial charge < -0.3 is 4.90 Å². The van der Waals surface area contributed by atoms with Gasteiger partial charge in [-0.05, 0) is 32.9 Å². The molecule has 0 radical (unpaired) electrons. The number of carbonyl (C=O) groups is 1. The molecule has 0 aliphatic rings. The topological polar surface area (TPSA) is 54.5 Å². The van der Waals surface area contributed by atoms with Gasteiger partial charge in [0.05, 0.1) is 5.75 Å². The number of nitrogens with zero attached hydrogens (tertiary/aromatic N) is 1. The molecule has 110 valence electrons. The zero-order valence-electron chi connectivity index (χ0n) is 12.1. The number of allylic oxidation sites excluding steroid dienone is 1. The summed E-state index contributed by atoms with van der Waals surface area (Å²) in [6.07, 6.45) is 3.21. The third-order valence-electron chi connectivity index (χ3n) is 2.75. The average Bonchev–Trinajstić information content (AvgIpc) is 2.36. The average molecular weight is 295 g/mol. The van der Waals surface area contributed by atoms with E-state index in [1.807, 2.05) is 32.0 Å². The van der Waals surface area contributed by atoms with Crippen LogP contribution in [0.15, 0.2) is 42.5 Å². The highest BCUT2D eigenvalue weighted by molar-refractivity contribution is 7.92. The van der Waals surface area contributed by atoms with Crippen LogP contribution in [0.2, 0.25) is 0 Å². The van der Waals surface area contributed by atoms with Crippen molar-refractivity contribution in [2.45, 2.75) is 26.8 Å². The van der Waals surface area contributed by atoms with Gasteiger partial charge in [0.15, 0.2) is 9.84 Å². The van der Waals surface area contributed by atoms with Gasteiger partial charge >= 0.3 is 0 Å². The Labute approximate surface area is 121 Å². The van der Waals surface area contributed by atoms with Crippen LogP contribution in [0.4, 0.5) is 5.69 Å². The van der Waals surface area contributed by atoms with Crippen molar-refractivity contribution in [1.29, 1.82) is 0 Å². The number of sulfone groups is 1. The van der Waals surface area contributed by atoms with Crippen LogP contribution in [0.3, 0.4) is 0 Å². The summed E-state index contributed by atoms with van der Waals surface area (Å²) in [7, 11) is -3.41. The van der Waals surface area contributed by atoms with Crippen LogP contribution < -0.4 is 4.90 Å². The number of para-hydroxylation sites is 1. The molecule has 0 saturated heterocycles. The molecule has 0 aliphatic heterocycles. The van der Waals surface area contributed by atoms with E-state index in [0.29, 0.717) is 5.69 Å². The first-order valence-corrected chi connectivity index (χ1v) is 8.38. The molecule has 1 rings (SSSR count). The van der Waals surface area contributed by atoms with Gasteiger partial charge in [-0.15, -0.1) is 0 Å². The second-order valence-electron chi connectivity index (χ2n) is 4.82. The van der Waals surface area contributed by atoms with E-state index in [0.717, 1.165) is 0 Å². The van der Waals surface area contributed by atoms with Crippen molar-refractivity contribution >= 4 is 21.4 Å². The number of hydrogen-bond acceptors (Lipinski definition) is 3. The summed E-state index contributed by atoms with van der Waals surface area (Å²) in [5, 5.41) is 0. The summed E-state index contributed by atoms with van der Waals surface area (Å²) in [5.74, 6) is -0.962. The maximum absolute atomic E-state index is 12.3. The van der Waals surface area contributed by atoms with Crippen LogP contribution in [-0.4, -0.2) is 31.9 Å². The molecule has 0 unspecified atom stereocenters. The molecular formula is C15H21NO3S. The molecule has 0 saturated carbocycles. The van der Waals surface area contributed by atoms with Gasteiger partial charge in [-0.3, -0.25) is 4.79 Å². The van der Waals surface area contributed by atoms with E-state index in [4.69, 9.17) is 0 Å². The fraction of sp³-hybridized carbons (Fsp3) is 0.400. The fourth-order valence-corrected chi connectivity index (χ4v) is 3.00. The molecule has 1 aromatic rings. The van der Waals surface area contributed by atoms with Crippen molar-refractivity contribution in [3.8, 4) is 0 Å². The molecule has 0 aliphatic carbocycles. The van der Waals surface area contributed by atoms with Crippen LogP contribution in [-0.2, 0) is 14.6 Å². The zero-order chi connectivity index (χ0) is 15.2. The predicted octanol–water partition coefficient (Wildman–Crippen LogP) is 2.42. The number of anilines is 1. The Morgan fingerprint density at radius 2 is 1.85 bits per heavy atom. The molecule has 0 atom stereocenters. The van der Waals surface area contributed by atoms with E-state index in [9.17, 15) is 13.2 Å². The third kappa shape index (κ3) is 4.81. The van der Waals surface area contributed by atoms with Gasteiger partial charge in [0, 0.05) is 11.7 Å². The molecule has 4 nitrogen and oxygen atoms in total. The molecule has 0 aromatic heterocycles. The van der Waals surface area contributed by atoms with Crippen molar-refractivity contribution in [3.63, 3.8) is 0 Å². The lowest BCUT2D eigenvalue weighted by Gasteiger charge is -2.26. The quantitative estimate of drug-likeness (QED) is 0.757. The number of amides is 1. The fourth-order valence-electron chi connectivity index (χ4n) is 1.88. The van der Waals surface area contributed by atoms with Crippen LogP contribution >= 0.6 is 0 Å².